The average Bonchev–Trinajstić information content (AvgIpc) is 2.44. The maximum absolute atomic E-state index is 12.8. The van der Waals surface area contributed by atoms with Crippen molar-refractivity contribution in [3.05, 3.63) is 35.9 Å². The lowest BCUT2D eigenvalue weighted by Crippen LogP contribution is -2.35. The molecule has 0 aliphatic heterocycles. The van der Waals surface area contributed by atoms with E-state index in [2.05, 4.69) is 4.98 Å². The molecule has 0 saturated carbocycles. The number of alkyl halides is 4. The highest BCUT2D eigenvalue weighted by Crippen LogP contribution is 2.25. The van der Waals surface area contributed by atoms with Gasteiger partial charge in [-0.25, -0.2) is 18.6 Å². The number of carboxylic acids is 1. The van der Waals surface area contributed by atoms with Gasteiger partial charge in [0.1, 0.15) is 5.82 Å². The summed E-state index contributed by atoms with van der Waals surface area (Å²) in [4.78, 5) is 15.1. The summed E-state index contributed by atoms with van der Waals surface area (Å²) in [5.41, 5.74) is 0.115. The number of aromatic carboxylic acids is 1. The molecule has 0 aliphatic rings. The summed E-state index contributed by atoms with van der Waals surface area (Å²) in [6, 6.07) is 7.25. The van der Waals surface area contributed by atoms with Crippen LogP contribution in [0.25, 0.3) is 10.9 Å². The number of hydrogen-bond acceptors (Lipinski definition) is 3. The summed E-state index contributed by atoms with van der Waals surface area (Å²) >= 11 is 0. The van der Waals surface area contributed by atoms with E-state index in [1.807, 2.05) is 5.32 Å². The third-order valence-corrected chi connectivity index (χ3v) is 2.77. The molecule has 1 aromatic heterocycles. The molecule has 0 aliphatic carbocycles. The Morgan fingerprint density at radius 3 is 2.62 bits per heavy atom. The molecule has 2 N–H and O–H groups in total. The predicted octanol–water partition coefficient (Wildman–Crippen LogP) is 3.25. The van der Waals surface area contributed by atoms with Gasteiger partial charge >= 0.3 is 18.3 Å². The second-order valence-electron chi connectivity index (χ2n) is 4.29. The molecule has 0 saturated heterocycles. The van der Waals surface area contributed by atoms with Gasteiger partial charge in [-0.2, -0.15) is 8.78 Å². The van der Waals surface area contributed by atoms with Gasteiger partial charge in [0.25, 0.3) is 0 Å². The number of carbonyl (C=O) groups is 1. The maximum Gasteiger partial charge on any atom is 0.336 e. The fraction of sp³-hybridized carbons (Fsp3) is 0.231. The van der Waals surface area contributed by atoms with E-state index in [4.69, 9.17) is 5.11 Å². The van der Waals surface area contributed by atoms with Crippen LogP contribution in [-0.4, -0.2) is 35.0 Å². The molecule has 0 amide bonds. The molecule has 8 heteroatoms. The summed E-state index contributed by atoms with van der Waals surface area (Å²) in [5.74, 6) is -5.69. The first kappa shape index (κ1) is 15.0. The van der Waals surface area contributed by atoms with Gasteiger partial charge in [0.15, 0.2) is 0 Å². The van der Waals surface area contributed by atoms with Crippen LogP contribution in [0.15, 0.2) is 30.3 Å². The zero-order valence-corrected chi connectivity index (χ0v) is 10.5. The molecule has 2 aromatic rings. The van der Waals surface area contributed by atoms with Crippen molar-refractivity contribution in [1.82, 2.24) is 4.98 Å². The average molecular weight is 302 g/mol. The smallest absolute Gasteiger partial charge is 0.336 e. The first-order valence-corrected chi connectivity index (χ1v) is 5.84. The van der Waals surface area contributed by atoms with Crippen molar-refractivity contribution in [1.29, 1.82) is 0 Å². The minimum Gasteiger partial charge on any atom is -0.478 e. The Hall–Kier alpha value is -2.38. The normalized spacial score (nSPS) is 11.9. The van der Waals surface area contributed by atoms with E-state index in [0.29, 0.717) is 5.39 Å². The van der Waals surface area contributed by atoms with Crippen LogP contribution in [0.3, 0.4) is 0 Å². The minimum atomic E-state index is -4.23. The number of rotatable bonds is 5. The van der Waals surface area contributed by atoms with Crippen molar-refractivity contribution in [2.75, 3.05) is 11.9 Å². The van der Waals surface area contributed by atoms with Gasteiger partial charge in [-0.3, -0.25) is 0 Å². The van der Waals surface area contributed by atoms with Gasteiger partial charge in [0, 0.05) is 5.39 Å². The van der Waals surface area contributed by atoms with Crippen LogP contribution in [0, 0.1) is 0 Å². The maximum atomic E-state index is 12.8. The van der Waals surface area contributed by atoms with Gasteiger partial charge in [-0.1, -0.05) is 18.2 Å². The van der Waals surface area contributed by atoms with Crippen LogP contribution in [0.4, 0.5) is 23.4 Å². The number of aromatic nitrogens is 1. The molecule has 2 rings (SSSR count). The third-order valence-electron chi connectivity index (χ3n) is 2.77. The van der Waals surface area contributed by atoms with Crippen molar-refractivity contribution >= 4 is 22.7 Å². The Labute approximate surface area is 116 Å². The molecular formula is C13H10F4N2O2. The lowest BCUT2D eigenvalue weighted by molar-refractivity contribution is -0.117. The molecule has 1 aromatic carbocycles. The van der Waals surface area contributed by atoms with Gasteiger partial charge in [-0.05, 0) is 12.1 Å². The molecule has 0 spiro atoms. The topological polar surface area (TPSA) is 62.2 Å². The van der Waals surface area contributed by atoms with Crippen molar-refractivity contribution in [2.45, 2.75) is 12.3 Å². The fourth-order valence-electron chi connectivity index (χ4n) is 1.73. The highest BCUT2D eigenvalue weighted by atomic mass is 19.3. The second kappa shape index (κ2) is 5.55. The van der Waals surface area contributed by atoms with E-state index >= 15 is 0 Å². The number of fused-ring (bicyclic) bond motifs is 1. The van der Waals surface area contributed by atoms with Gasteiger partial charge in [0.05, 0.1) is 17.6 Å². The zero-order chi connectivity index (χ0) is 15.6. The van der Waals surface area contributed by atoms with Gasteiger partial charge in [0.2, 0.25) is 0 Å². The van der Waals surface area contributed by atoms with Crippen molar-refractivity contribution in [2.24, 2.45) is 0 Å². The molecule has 112 valence electrons. The number of nitrogens with zero attached hydrogens (tertiary/aromatic N) is 1. The number of anilines is 1. The summed E-state index contributed by atoms with van der Waals surface area (Å²) in [6.45, 7) is -1.34. The van der Waals surface area contributed by atoms with Gasteiger partial charge in [-0.15, -0.1) is 0 Å². The Morgan fingerprint density at radius 2 is 2.00 bits per heavy atom. The highest BCUT2D eigenvalue weighted by Gasteiger charge is 2.40. The third kappa shape index (κ3) is 3.21. The van der Waals surface area contributed by atoms with Crippen LogP contribution < -0.4 is 5.32 Å². The number of carboxylic acid groups (broad SMARTS) is 1. The Bertz CT molecular complexity index is 676. The van der Waals surface area contributed by atoms with E-state index in [-0.39, 0.29) is 16.9 Å². The van der Waals surface area contributed by atoms with E-state index in [9.17, 15) is 22.4 Å². The largest absolute Gasteiger partial charge is 0.478 e. The van der Waals surface area contributed by atoms with E-state index in [1.54, 1.807) is 12.1 Å². The first-order chi connectivity index (χ1) is 9.81. The standard InChI is InChI=1S/C13H10F4N2O2/c14-12(15)13(16,17)6-18-10-5-8(11(20)21)7-3-1-2-4-9(7)19-10/h1-5,12H,6H2,(H,18,19)(H,20,21). The SMILES string of the molecule is O=C(O)c1cc(NCC(F)(F)C(F)F)nc2ccccc12. The number of nitrogens with one attached hydrogen (secondary N) is 1. The molecule has 1 heterocycles. The molecule has 0 atom stereocenters. The highest BCUT2D eigenvalue weighted by molar-refractivity contribution is 6.03. The summed E-state index contributed by atoms with van der Waals surface area (Å²) in [7, 11) is 0. The molecule has 0 radical (unpaired) electrons. The number of pyridine rings is 1. The predicted molar refractivity (Wildman–Crippen MR) is 68.1 cm³/mol. The summed E-state index contributed by atoms with van der Waals surface area (Å²) < 4.78 is 49.8. The number of halogens is 4. The Morgan fingerprint density at radius 1 is 1.33 bits per heavy atom. The summed E-state index contributed by atoms with van der Waals surface area (Å²) in [5, 5.41) is 11.5. The Kier molecular flexibility index (Phi) is 3.97. The number of hydrogen-bond donors (Lipinski definition) is 2. The first-order valence-electron chi connectivity index (χ1n) is 5.84. The van der Waals surface area contributed by atoms with Crippen LogP contribution in [0.1, 0.15) is 10.4 Å². The lowest BCUT2D eigenvalue weighted by Gasteiger charge is -2.16. The van der Waals surface area contributed by atoms with Gasteiger partial charge < -0.3 is 10.4 Å². The van der Waals surface area contributed by atoms with Crippen LogP contribution in [-0.2, 0) is 0 Å². The second-order valence-corrected chi connectivity index (χ2v) is 4.29. The van der Waals surface area contributed by atoms with Crippen molar-refractivity contribution in [3.63, 3.8) is 0 Å². The van der Waals surface area contributed by atoms with Crippen LogP contribution >= 0.6 is 0 Å². The monoisotopic (exact) mass is 302 g/mol. The van der Waals surface area contributed by atoms with E-state index in [0.717, 1.165) is 6.07 Å². The molecule has 21 heavy (non-hydrogen) atoms. The summed E-state index contributed by atoms with van der Waals surface area (Å²) in [6.07, 6.45) is -3.82. The number of benzene rings is 1. The van der Waals surface area contributed by atoms with Crippen LogP contribution in [0.5, 0.6) is 0 Å². The molecule has 0 fully saturated rings. The molecular weight excluding hydrogens is 292 g/mol. The number of para-hydroxylation sites is 1. The zero-order valence-electron chi connectivity index (χ0n) is 10.5. The molecule has 0 unspecified atom stereocenters. The Balaban J connectivity index is 2.35. The molecule has 0 bridgehead atoms. The van der Waals surface area contributed by atoms with E-state index in [1.165, 1.54) is 12.1 Å². The van der Waals surface area contributed by atoms with Crippen LogP contribution in [0.2, 0.25) is 0 Å². The lowest BCUT2D eigenvalue weighted by atomic mass is 10.1. The minimum absolute atomic E-state index is 0.150. The van der Waals surface area contributed by atoms with Crippen molar-refractivity contribution < 1.29 is 27.5 Å². The fourth-order valence-corrected chi connectivity index (χ4v) is 1.73. The molecule has 4 nitrogen and oxygen atoms in total. The van der Waals surface area contributed by atoms with Crippen molar-refractivity contribution in [3.8, 4) is 0 Å². The quantitative estimate of drug-likeness (QED) is 0.832. The van der Waals surface area contributed by atoms with E-state index < -0.39 is 24.9 Å².